The van der Waals surface area contributed by atoms with Gasteiger partial charge in [0, 0.05) is 16.4 Å². The number of aliphatic carboxylic acids is 1. The Morgan fingerprint density at radius 3 is 1.07 bits per heavy atom. The van der Waals surface area contributed by atoms with Crippen molar-refractivity contribution in [2.24, 2.45) is 0 Å². The van der Waals surface area contributed by atoms with Crippen LogP contribution in [0.25, 0.3) is 0 Å². The van der Waals surface area contributed by atoms with Crippen LogP contribution >= 0.6 is 0 Å². The number of carbonyl (C=O) groups is 1. The summed E-state index contributed by atoms with van der Waals surface area (Å²) in [5, 5.41) is 10.2. The maximum Gasteiger partial charge on any atom is 2.00 e. The molecule has 9 heteroatoms. The van der Waals surface area contributed by atoms with Crippen LogP contribution in [0.1, 0.15) is 110 Å². The molecule has 0 atom stereocenters. The third kappa shape index (κ3) is 52.4. The predicted octanol–water partition coefficient (Wildman–Crippen LogP) is 2.90. The van der Waals surface area contributed by atoms with Crippen molar-refractivity contribution in [2.45, 2.75) is 110 Å². The Morgan fingerprint density at radius 2 is 0.852 bits per heavy atom. The summed E-state index contributed by atoms with van der Waals surface area (Å²) in [6.45, 7) is 2.27. The topological polar surface area (TPSA) is 120 Å². The number of carboxylic acids is 1. The molecular formula is C18H35Ca2O6S+. The van der Waals surface area contributed by atoms with Gasteiger partial charge in [-0.2, -0.15) is 0 Å². The first-order valence-electron chi connectivity index (χ1n) is 9.64. The molecule has 0 aliphatic carbocycles. The van der Waals surface area contributed by atoms with Crippen LogP contribution in [-0.2, 0) is 15.2 Å². The second-order valence-electron chi connectivity index (χ2n) is 6.48. The molecule has 0 aromatic carbocycles. The van der Waals surface area contributed by atoms with E-state index >= 15 is 0 Å². The maximum absolute atomic E-state index is 10.2. The standard InChI is InChI=1S/C18H36O2.2Ca.H2O4S/c1-2-3-4-5-6-7-8-9-10-11-12-13-14-15-16-17-18(19)20;;;1-5(2,3)4/h2-17H2,1H3,(H,19,20);;;(H2,1,2,3,4)/q;2*+2;/p-3. The van der Waals surface area contributed by atoms with Crippen molar-refractivity contribution in [2.75, 3.05) is 0 Å². The number of carboxylic acid groups (broad SMARTS) is 1. The molecular weight excluding hydrogens is 424 g/mol. The van der Waals surface area contributed by atoms with E-state index in [1.165, 1.54) is 83.5 Å². The molecule has 6 nitrogen and oxygen atoms in total. The first kappa shape index (κ1) is 36.2. The van der Waals surface area contributed by atoms with E-state index in [1.807, 2.05) is 0 Å². The molecule has 0 saturated heterocycles. The minimum Gasteiger partial charge on any atom is -0.759 e. The summed E-state index contributed by atoms with van der Waals surface area (Å²) in [6.07, 6.45) is 19.9. The summed E-state index contributed by atoms with van der Waals surface area (Å²) in [5.74, 6) is -0.903. The first-order valence-corrected chi connectivity index (χ1v) is 11.0. The van der Waals surface area contributed by atoms with E-state index in [0.29, 0.717) is 0 Å². The van der Waals surface area contributed by atoms with Crippen LogP contribution in [0.2, 0.25) is 0 Å². The molecule has 0 fully saturated rings. The van der Waals surface area contributed by atoms with Crippen LogP contribution < -0.4 is 5.11 Å². The molecule has 0 aliphatic heterocycles. The minimum atomic E-state index is -5.17. The molecule has 0 bridgehead atoms. The molecule has 152 valence electrons. The Balaban J connectivity index is -0.000000333. The molecule has 0 aliphatic rings. The van der Waals surface area contributed by atoms with Gasteiger partial charge in [-0.05, 0) is 12.8 Å². The molecule has 0 heterocycles. The van der Waals surface area contributed by atoms with Gasteiger partial charge < -0.3 is 19.0 Å². The van der Waals surface area contributed by atoms with E-state index in [9.17, 15) is 9.90 Å². The molecule has 0 amide bonds. The van der Waals surface area contributed by atoms with Crippen molar-refractivity contribution >= 4 is 91.8 Å². The molecule has 0 saturated carbocycles. The Hall–Kier alpha value is 1.86. The van der Waals surface area contributed by atoms with Crippen LogP contribution in [0.15, 0.2) is 0 Å². The number of hydrogen-bond donors (Lipinski definition) is 0. The van der Waals surface area contributed by atoms with E-state index in [1.54, 1.807) is 0 Å². The first-order chi connectivity index (χ1) is 11.8. The van der Waals surface area contributed by atoms with Crippen molar-refractivity contribution in [3.63, 3.8) is 0 Å². The summed E-state index contributed by atoms with van der Waals surface area (Å²) < 4.78 is 34.1. The van der Waals surface area contributed by atoms with Gasteiger partial charge in [0.1, 0.15) is 0 Å². The Labute approximate surface area is 226 Å². The average molecular weight is 460 g/mol. The Bertz CT molecular complexity index is 383. The van der Waals surface area contributed by atoms with Gasteiger partial charge in [0.05, 0.1) is 0 Å². The molecule has 27 heavy (non-hydrogen) atoms. The zero-order valence-electron chi connectivity index (χ0n) is 17.1. The van der Waals surface area contributed by atoms with Crippen molar-refractivity contribution in [3.05, 3.63) is 0 Å². The predicted molar refractivity (Wildman–Crippen MR) is 107 cm³/mol. The summed E-state index contributed by atoms with van der Waals surface area (Å²) in [4.78, 5) is 10.2. The summed E-state index contributed by atoms with van der Waals surface area (Å²) in [6, 6.07) is 0. The van der Waals surface area contributed by atoms with Crippen LogP contribution in [0.5, 0.6) is 0 Å². The van der Waals surface area contributed by atoms with Gasteiger partial charge in [-0.3, -0.25) is 8.42 Å². The van der Waals surface area contributed by atoms with Crippen molar-refractivity contribution in [1.82, 2.24) is 0 Å². The second-order valence-corrected chi connectivity index (χ2v) is 7.30. The number of rotatable bonds is 16. The van der Waals surface area contributed by atoms with E-state index < -0.39 is 16.4 Å². The SMILES string of the molecule is CCCCCCCCCCCCCCCCCC(=O)[O-].O=S(=O)([O-])[O-].[Ca+2].[Ca+2]. The van der Waals surface area contributed by atoms with Crippen LogP contribution in [0.4, 0.5) is 0 Å². The van der Waals surface area contributed by atoms with Gasteiger partial charge in [-0.15, -0.1) is 0 Å². The van der Waals surface area contributed by atoms with Crippen LogP contribution in [0, 0.1) is 0 Å². The van der Waals surface area contributed by atoms with Gasteiger partial charge in [0.15, 0.2) is 0 Å². The van der Waals surface area contributed by atoms with Gasteiger partial charge in [-0.1, -0.05) is 96.8 Å². The molecule has 0 rings (SSSR count). The summed E-state index contributed by atoms with van der Waals surface area (Å²) >= 11 is 0. The summed E-state index contributed by atoms with van der Waals surface area (Å²) in [7, 11) is -5.17. The monoisotopic (exact) mass is 459 g/mol. The molecule has 0 spiro atoms. The van der Waals surface area contributed by atoms with E-state index in [0.717, 1.165) is 12.8 Å². The number of carbonyl (C=O) groups excluding carboxylic acids is 1. The second kappa shape index (κ2) is 27.9. The van der Waals surface area contributed by atoms with Gasteiger partial charge in [-0.25, -0.2) is 0 Å². The van der Waals surface area contributed by atoms with Crippen molar-refractivity contribution < 1.29 is 27.4 Å². The fourth-order valence-corrected chi connectivity index (χ4v) is 2.64. The smallest absolute Gasteiger partial charge is 0.759 e. The zero-order valence-corrected chi connectivity index (χ0v) is 22.3. The van der Waals surface area contributed by atoms with E-state index in [2.05, 4.69) is 6.92 Å². The van der Waals surface area contributed by atoms with Gasteiger partial charge >= 0.3 is 75.5 Å². The Kier molecular flexibility index (Phi) is 37.4. The third-order valence-electron chi connectivity index (χ3n) is 3.98. The van der Waals surface area contributed by atoms with Crippen LogP contribution in [0.3, 0.4) is 0 Å². The largest absolute Gasteiger partial charge is 2.00 e. The van der Waals surface area contributed by atoms with E-state index in [4.69, 9.17) is 17.5 Å². The minimum absolute atomic E-state index is 0. The van der Waals surface area contributed by atoms with Crippen molar-refractivity contribution in [3.8, 4) is 0 Å². The van der Waals surface area contributed by atoms with Gasteiger partial charge in [0.25, 0.3) is 0 Å². The quantitative estimate of drug-likeness (QED) is 0.151. The summed E-state index contributed by atoms with van der Waals surface area (Å²) in [5.41, 5.74) is 0. The number of hydrogen-bond acceptors (Lipinski definition) is 6. The average Bonchev–Trinajstić information content (AvgIpc) is 2.49. The molecule has 0 radical (unpaired) electrons. The van der Waals surface area contributed by atoms with Crippen LogP contribution in [-0.4, -0.2) is 99.0 Å². The maximum atomic E-state index is 10.2. The molecule has 0 unspecified atom stereocenters. The third-order valence-corrected chi connectivity index (χ3v) is 3.98. The molecule has 0 aromatic rings. The normalized spacial score (nSPS) is 10.2. The fraction of sp³-hybridized carbons (Fsp3) is 0.944. The molecule has 0 aromatic heterocycles. The van der Waals surface area contributed by atoms with E-state index in [-0.39, 0.29) is 81.9 Å². The zero-order chi connectivity index (χ0) is 19.4. The van der Waals surface area contributed by atoms with Crippen molar-refractivity contribution in [1.29, 1.82) is 0 Å². The molecule has 0 N–H and O–H groups in total. The Morgan fingerprint density at radius 1 is 0.630 bits per heavy atom. The van der Waals surface area contributed by atoms with Gasteiger partial charge in [0.2, 0.25) is 0 Å². The fourth-order valence-electron chi connectivity index (χ4n) is 2.64. The number of unbranched alkanes of at least 4 members (excludes halogenated alkanes) is 14.